The van der Waals surface area contributed by atoms with Gasteiger partial charge in [0.05, 0.1) is 33.3 Å². The Balaban J connectivity index is 0.878. The lowest BCUT2D eigenvalue weighted by atomic mass is 9.98. The van der Waals surface area contributed by atoms with Crippen LogP contribution in [0.25, 0.3) is 144 Å². The van der Waals surface area contributed by atoms with Crippen LogP contribution in [-0.2, 0) is 0 Å². The van der Waals surface area contributed by atoms with E-state index in [0.717, 1.165) is 66.5 Å². The Bertz CT molecular complexity index is 4710. The van der Waals surface area contributed by atoms with Crippen LogP contribution in [0.2, 0.25) is 0 Å². The molecule has 0 aliphatic carbocycles. The van der Waals surface area contributed by atoms with Gasteiger partial charge >= 0.3 is 0 Å². The molecule has 3 heterocycles. The average molecular weight is 967 g/mol. The Morgan fingerprint density at radius 2 is 0.618 bits per heavy atom. The summed E-state index contributed by atoms with van der Waals surface area (Å²) < 4.78 is 4.80. The van der Waals surface area contributed by atoms with Crippen LogP contribution in [0.4, 0.5) is 0 Å². The number of rotatable bonds is 8. The second-order valence-corrected chi connectivity index (χ2v) is 19.7. The number of aromatic nitrogens is 4. The van der Waals surface area contributed by atoms with Crippen LogP contribution in [-0.4, -0.2) is 19.1 Å². The fraction of sp³-hybridized carbons (Fsp3) is 0. The molecule has 0 bridgehead atoms. The van der Waals surface area contributed by atoms with E-state index in [1.54, 1.807) is 0 Å². The number of hydrogen-bond donors (Lipinski definition) is 0. The normalized spacial score (nSPS) is 11.7. The minimum Gasteiger partial charge on any atom is -0.309 e. The van der Waals surface area contributed by atoms with E-state index in [0.29, 0.717) is 5.82 Å². The predicted molar refractivity (Wildman–Crippen MR) is 318 cm³/mol. The van der Waals surface area contributed by atoms with E-state index in [4.69, 9.17) is 9.97 Å². The van der Waals surface area contributed by atoms with E-state index in [1.165, 1.54) is 71.5 Å². The van der Waals surface area contributed by atoms with Crippen molar-refractivity contribution in [3.8, 4) is 78.5 Å². The maximum absolute atomic E-state index is 5.40. The standard InChI is InChI=1S/C72H46N4/c1-5-16-47(17-6-1)52-23-15-24-57(42-52)70-61-37-30-50-22-13-14-27-60(50)71(61)74-72(73-70)51-28-35-59(36-29-51)76-68-39-32-54(49-20-9-3-10-21-49)44-63(68)65-46-56(34-41-69(65)76)55-33-40-67-64(45-55)62-43-53(48-18-7-2-8-19-48)31-38-66(62)75(67)58-25-11-4-12-26-58/h1-46H. The van der Waals surface area contributed by atoms with Gasteiger partial charge in [-0.25, -0.2) is 9.97 Å². The summed E-state index contributed by atoms with van der Waals surface area (Å²) in [6, 6.07) is 101. The van der Waals surface area contributed by atoms with Crippen LogP contribution in [0.5, 0.6) is 0 Å². The molecule has 0 atom stereocenters. The van der Waals surface area contributed by atoms with Crippen LogP contribution in [0.1, 0.15) is 0 Å². The molecule has 0 aliphatic rings. The van der Waals surface area contributed by atoms with Gasteiger partial charge in [-0.15, -0.1) is 0 Å². The molecular formula is C72H46N4. The van der Waals surface area contributed by atoms with E-state index >= 15 is 0 Å². The fourth-order valence-corrected chi connectivity index (χ4v) is 11.6. The Labute approximate surface area is 439 Å². The summed E-state index contributed by atoms with van der Waals surface area (Å²) in [5.74, 6) is 0.690. The lowest BCUT2D eigenvalue weighted by Crippen LogP contribution is -1.97. The van der Waals surface area contributed by atoms with Gasteiger partial charge in [0, 0.05) is 54.8 Å². The summed E-state index contributed by atoms with van der Waals surface area (Å²) in [4.78, 5) is 10.8. The van der Waals surface area contributed by atoms with Gasteiger partial charge in [0.25, 0.3) is 0 Å². The zero-order valence-corrected chi connectivity index (χ0v) is 41.3. The maximum Gasteiger partial charge on any atom is 0.160 e. The van der Waals surface area contributed by atoms with E-state index in [2.05, 4.69) is 288 Å². The van der Waals surface area contributed by atoms with Gasteiger partial charge in [-0.05, 0) is 147 Å². The van der Waals surface area contributed by atoms with Crippen LogP contribution < -0.4 is 0 Å². The first-order valence-electron chi connectivity index (χ1n) is 26.0. The fourth-order valence-electron chi connectivity index (χ4n) is 11.6. The maximum atomic E-state index is 5.40. The molecule has 15 rings (SSSR count). The number of hydrogen-bond acceptors (Lipinski definition) is 2. The number of para-hydroxylation sites is 1. The third kappa shape index (κ3) is 7.30. The predicted octanol–water partition coefficient (Wildman–Crippen LogP) is 19.0. The molecular weight excluding hydrogens is 921 g/mol. The highest BCUT2D eigenvalue weighted by molar-refractivity contribution is 6.14. The monoisotopic (exact) mass is 966 g/mol. The van der Waals surface area contributed by atoms with Gasteiger partial charge in [-0.2, -0.15) is 0 Å². The van der Waals surface area contributed by atoms with E-state index in [9.17, 15) is 0 Å². The van der Waals surface area contributed by atoms with Gasteiger partial charge in [-0.1, -0.05) is 182 Å². The smallest absolute Gasteiger partial charge is 0.160 e. The van der Waals surface area contributed by atoms with Gasteiger partial charge in [-0.3, -0.25) is 0 Å². The summed E-state index contributed by atoms with van der Waals surface area (Å²) in [6.07, 6.45) is 0. The van der Waals surface area contributed by atoms with Crippen molar-refractivity contribution in [2.24, 2.45) is 0 Å². The molecule has 12 aromatic carbocycles. The molecule has 0 aliphatic heterocycles. The molecule has 4 heteroatoms. The zero-order chi connectivity index (χ0) is 50.1. The number of fused-ring (bicyclic) bond motifs is 9. The molecule has 3 aromatic heterocycles. The molecule has 15 aromatic rings. The molecule has 0 N–H and O–H groups in total. The Hall–Kier alpha value is -10.2. The summed E-state index contributed by atoms with van der Waals surface area (Å²) in [5.41, 5.74) is 20.2. The largest absolute Gasteiger partial charge is 0.309 e. The molecule has 0 fully saturated rings. The summed E-state index contributed by atoms with van der Waals surface area (Å²) in [6.45, 7) is 0. The van der Waals surface area contributed by atoms with E-state index < -0.39 is 0 Å². The first-order valence-corrected chi connectivity index (χ1v) is 26.0. The minimum atomic E-state index is 0.690. The van der Waals surface area contributed by atoms with Crippen LogP contribution in [0.3, 0.4) is 0 Å². The number of nitrogens with zero attached hydrogens (tertiary/aromatic N) is 4. The highest BCUT2D eigenvalue weighted by Crippen LogP contribution is 2.42. The second kappa shape index (κ2) is 17.8. The highest BCUT2D eigenvalue weighted by atomic mass is 15.0. The van der Waals surface area contributed by atoms with Gasteiger partial charge < -0.3 is 9.13 Å². The molecule has 76 heavy (non-hydrogen) atoms. The van der Waals surface area contributed by atoms with Crippen molar-refractivity contribution in [1.82, 2.24) is 19.1 Å². The van der Waals surface area contributed by atoms with Gasteiger partial charge in [0.1, 0.15) is 0 Å². The quantitative estimate of drug-likeness (QED) is 0.142. The minimum absolute atomic E-state index is 0.690. The zero-order valence-electron chi connectivity index (χ0n) is 41.3. The van der Waals surface area contributed by atoms with Crippen LogP contribution in [0, 0.1) is 0 Å². The molecule has 4 nitrogen and oxygen atoms in total. The van der Waals surface area contributed by atoms with Crippen molar-refractivity contribution in [3.63, 3.8) is 0 Å². The third-order valence-electron chi connectivity index (χ3n) is 15.3. The summed E-state index contributed by atoms with van der Waals surface area (Å²) in [5, 5.41) is 8.13. The topological polar surface area (TPSA) is 35.6 Å². The van der Waals surface area contributed by atoms with Crippen molar-refractivity contribution in [1.29, 1.82) is 0 Å². The van der Waals surface area contributed by atoms with E-state index in [1.807, 2.05) is 0 Å². The molecule has 0 radical (unpaired) electrons. The lowest BCUT2D eigenvalue weighted by Gasteiger charge is -2.13. The van der Waals surface area contributed by atoms with Crippen LogP contribution >= 0.6 is 0 Å². The molecule has 0 unspecified atom stereocenters. The second-order valence-electron chi connectivity index (χ2n) is 19.7. The summed E-state index contributed by atoms with van der Waals surface area (Å²) >= 11 is 0. The third-order valence-corrected chi connectivity index (χ3v) is 15.3. The van der Waals surface area contributed by atoms with E-state index in [-0.39, 0.29) is 0 Å². The highest BCUT2D eigenvalue weighted by Gasteiger charge is 2.20. The lowest BCUT2D eigenvalue weighted by molar-refractivity contribution is 1.17. The van der Waals surface area contributed by atoms with Gasteiger partial charge in [0.2, 0.25) is 0 Å². The first-order chi connectivity index (χ1) is 37.7. The Morgan fingerprint density at radius 1 is 0.224 bits per heavy atom. The van der Waals surface area contributed by atoms with Crippen molar-refractivity contribution < 1.29 is 0 Å². The molecule has 0 saturated heterocycles. The van der Waals surface area contributed by atoms with Crippen molar-refractivity contribution in [3.05, 3.63) is 279 Å². The molecule has 0 spiro atoms. The Morgan fingerprint density at radius 3 is 1.13 bits per heavy atom. The SMILES string of the molecule is c1ccc(-c2cccc(-c3nc(-c4ccc(-n5c6ccc(-c7ccccc7)cc6c6cc(-c7ccc8c(c7)c7cc(-c9ccccc9)ccc7n8-c7ccccc7)ccc65)cc4)nc4c3ccc3ccccc34)c2)cc1. The number of benzene rings is 12. The Kier molecular flexibility index (Phi) is 10.2. The van der Waals surface area contributed by atoms with Crippen LogP contribution in [0.15, 0.2) is 279 Å². The average Bonchev–Trinajstić information content (AvgIpc) is 4.03. The van der Waals surface area contributed by atoms with Crippen molar-refractivity contribution in [2.75, 3.05) is 0 Å². The molecule has 354 valence electrons. The van der Waals surface area contributed by atoms with Gasteiger partial charge in [0.15, 0.2) is 5.82 Å². The molecule has 0 amide bonds. The van der Waals surface area contributed by atoms with Crippen molar-refractivity contribution >= 4 is 65.3 Å². The van der Waals surface area contributed by atoms with Crippen molar-refractivity contribution in [2.45, 2.75) is 0 Å². The molecule has 0 saturated carbocycles. The summed E-state index contributed by atoms with van der Waals surface area (Å²) in [7, 11) is 0. The first kappa shape index (κ1) is 43.4.